The van der Waals surface area contributed by atoms with Crippen molar-refractivity contribution in [2.45, 2.75) is 77.9 Å². The maximum Gasteiger partial charge on any atom is 0.407 e. The van der Waals surface area contributed by atoms with E-state index in [0.29, 0.717) is 39.3 Å². The molecule has 8 heteroatoms. The van der Waals surface area contributed by atoms with Crippen molar-refractivity contribution in [3.63, 3.8) is 0 Å². The lowest BCUT2D eigenvalue weighted by molar-refractivity contribution is -0.148. The summed E-state index contributed by atoms with van der Waals surface area (Å²) in [5.41, 5.74) is 0.145. The van der Waals surface area contributed by atoms with Gasteiger partial charge in [0, 0.05) is 32.7 Å². The van der Waals surface area contributed by atoms with E-state index in [2.05, 4.69) is 44.3 Å². The lowest BCUT2D eigenvalue weighted by atomic mass is 9.57. The number of morpholine rings is 1. The topological polar surface area (TPSA) is 86.3 Å². The third-order valence-corrected chi connectivity index (χ3v) is 8.94. The second kappa shape index (κ2) is 12.3. The first-order chi connectivity index (χ1) is 17.8. The molecule has 0 spiro atoms. The number of ether oxygens (including phenoxy) is 4. The third kappa shape index (κ3) is 6.40. The van der Waals surface area contributed by atoms with Crippen molar-refractivity contribution >= 4 is 12.0 Å². The van der Waals surface area contributed by atoms with Crippen molar-refractivity contribution < 1.29 is 28.5 Å². The molecule has 1 saturated heterocycles. The van der Waals surface area contributed by atoms with Crippen LogP contribution in [-0.2, 0) is 23.7 Å². The van der Waals surface area contributed by atoms with Gasteiger partial charge in [0.05, 0.1) is 30.7 Å². The number of allylic oxidation sites excluding steroid dienone is 2. The third-order valence-electron chi connectivity index (χ3n) is 8.94. The first kappa shape index (κ1) is 28.1. The summed E-state index contributed by atoms with van der Waals surface area (Å²) in [5.74, 6) is 0.310. The number of rotatable bonds is 8. The minimum atomic E-state index is -0.554. The molecule has 1 aliphatic heterocycles. The predicted octanol–water partition coefficient (Wildman–Crippen LogP) is 4.45. The smallest absolute Gasteiger partial charge is 0.407 e. The van der Waals surface area contributed by atoms with E-state index in [4.69, 9.17) is 18.9 Å². The fourth-order valence-electron chi connectivity index (χ4n) is 6.60. The molecule has 2 amide bonds. The summed E-state index contributed by atoms with van der Waals surface area (Å²) in [7, 11) is 1.61. The van der Waals surface area contributed by atoms with Gasteiger partial charge in [0.25, 0.3) is 0 Å². The van der Waals surface area contributed by atoms with Gasteiger partial charge < -0.3 is 29.2 Å². The average Bonchev–Trinajstić information content (AvgIpc) is 2.89. The average molecular weight is 519 g/mol. The van der Waals surface area contributed by atoms with Gasteiger partial charge in [0.1, 0.15) is 12.9 Å². The first-order valence-electron chi connectivity index (χ1n) is 14.0. The van der Waals surface area contributed by atoms with Gasteiger partial charge in [-0.05, 0) is 38.0 Å². The Morgan fingerprint density at radius 3 is 2.62 bits per heavy atom. The Kier molecular flexibility index (Phi) is 9.35. The van der Waals surface area contributed by atoms with Crippen molar-refractivity contribution in [3.05, 3.63) is 23.8 Å². The minimum absolute atomic E-state index is 0.0576. The summed E-state index contributed by atoms with van der Waals surface area (Å²) >= 11 is 0. The molecule has 0 aromatic heterocycles. The molecule has 0 bridgehead atoms. The number of carbonyl (C=O) groups excluding carboxylic acids is 2. The molecule has 1 heterocycles. The second-order valence-electron chi connectivity index (χ2n) is 11.9. The molecule has 208 valence electrons. The van der Waals surface area contributed by atoms with E-state index in [1.165, 1.54) is 12.0 Å². The number of amides is 2. The van der Waals surface area contributed by atoms with E-state index in [-0.39, 0.29) is 42.8 Å². The van der Waals surface area contributed by atoms with Gasteiger partial charge in [-0.2, -0.15) is 0 Å². The van der Waals surface area contributed by atoms with Gasteiger partial charge >= 0.3 is 6.09 Å². The Morgan fingerprint density at radius 2 is 1.92 bits per heavy atom. The van der Waals surface area contributed by atoms with Crippen LogP contribution < -0.4 is 5.32 Å². The van der Waals surface area contributed by atoms with Crippen molar-refractivity contribution in [2.24, 2.45) is 22.7 Å². The zero-order chi connectivity index (χ0) is 26.5. The monoisotopic (exact) mass is 518 g/mol. The molecule has 1 saturated carbocycles. The number of nitrogens with zero attached hydrogens (tertiary/aromatic N) is 1. The van der Waals surface area contributed by atoms with Gasteiger partial charge in [-0.25, -0.2) is 4.79 Å². The summed E-state index contributed by atoms with van der Waals surface area (Å²) < 4.78 is 22.8. The van der Waals surface area contributed by atoms with Crippen LogP contribution >= 0.6 is 0 Å². The van der Waals surface area contributed by atoms with Crippen LogP contribution in [0.2, 0.25) is 0 Å². The Balaban J connectivity index is 1.55. The van der Waals surface area contributed by atoms with E-state index < -0.39 is 10.8 Å². The Morgan fingerprint density at radius 1 is 1.19 bits per heavy atom. The largest absolute Gasteiger partial charge is 0.445 e. The Labute approximate surface area is 222 Å². The molecular weight excluding hydrogens is 472 g/mol. The number of carbonyl (C=O) groups is 2. The molecule has 0 aromatic rings. The van der Waals surface area contributed by atoms with Gasteiger partial charge in [-0.1, -0.05) is 56.9 Å². The summed E-state index contributed by atoms with van der Waals surface area (Å²) in [6, 6.07) is 0.191. The van der Waals surface area contributed by atoms with Crippen LogP contribution in [0.5, 0.6) is 0 Å². The summed E-state index contributed by atoms with van der Waals surface area (Å²) in [6.45, 7) is 9.24. The van der Waals surface area contributed by atoms with E-state index in [1.54, 1.807) is 7.11 Å². The summed E-state index contributed by atoms with van der Waals surface area (Å²) in [6.07, 6.45) is 13.0. The molecule has 4 aliphatic rings. The van der Waals surface area contributed by atoms with Crippen LogP contribution in [0, 0.1) is 22.7 Å². The Bertz CT molecular complexity index is 858. The maximum atomic E-state index is 13.5. The molecular formula is C29H46N2O6. The first-order valence-corrected chi connectivity index (χ1v) is 14.0. The van der Waals surface area contributed by atoms with Gasteiger partial charge in [0.15, 0.2) is 0 Å². The highest BCUT2D eigenvalue weighted by atomic mass is 16.7. The SMILES string of the molecule is COCOC[C@@]12C=C[C@@H](C(C)(C)C(=O)N3CCOCC3)C[C@@H]1C=C(C)C[C@@H]2OC(=O)NC1CCCCC1. The lowest BCUT2D eigenvalue weighted by Crippen LogP contribution is -2.54. The molecule has 4 rings (SSSR count). The fourth-order valence-corrected chi connectivity index (χ4v) is 6.60. The molecule has 1 N–H and O–H groups in total. The highest BCUT2D eigenvalue weighted by Crippen LogP contribution is 2.52. The van der Waals surface area contributed by atoms with Gasteiger partial charge in [-0.3, -0.25) is 4.79 Å². The number of nitrogens with one attached hydrogen (secondary N) is 1. The second-order valence-corrected chi connectivity index (χ2v) is 11.9. The highest BCUT2D eigenvalue weighted by molar-refractivity contribution is 5.82. The van der Waals surface area contributed by atoms with Crippen LogP contribution in [0.1, 0.15) is 65.7 Å². The standard InChI is InChI=1S/C29H46N2O6/c1-21-16-23-18-22(28(2,3)26(32)31-12-14-35-15-13-31)10-11-29(23,19-36-20-34-4)25(17-21)37-27(33)30-24-8-6-5-7-9-24/h10-11,16,22-25H,5-9,12-15,17-20H2,1-4H3,(H,30,33)/t22-,23+,25+,29+/m1/s1. The minimum Gasteiger partial charge on any atom is -0.445 e. The van der Waals surface area contributed by atoms with Crippen molar-refractivity contribution in [1.82, 2.24) is 10.2 Å². The van der Waals surface area contributed by atoms with Crippen LogP contribution in [0.15, 0.2) is 23.8 Å². The number of methoxy groups -OCH3 is 1. The normalized spacial score (nSPS) is 30.9. The van der Waals surface area contributed by atoms with E-state index in [1.807, 2.05) is 4.90 Å². The van der Waals surface area contributed by atoms with Crippen LogP contribution in [0.3, 0.4) is 0 Å². The van der Waals surface area contributed by atoms with E-state index in [0.717, 1.165) is 32.1 Å². The summed E-state index contributed by atoms with van der Waals surface area (Å²) in [5, 5.41) is 3.11. The molecule has 0 radical (unpaired) electrons. The predicted molar refractivity (Wildman–Crippen MR) is 141 cm³/mol. The molecule has 0 aromatic carbocycles. The zero-order valence-corrected chi connectivity index (χ0v) is 23.1. The van der Waals surface area contributed by atoms with Crippen molar-refractivity contribution in [1.29, 1.82) is 0 Å². The zero-order valence-electron chi connectivity index (χ0n) is 23.1. The lowest BCUT2D eigenvalue weighted by Gasteiger charge is -2.50. The van der Waals surface area contributed by atoms with E-state index in [9.17, 15) is 9.59 Å². The molecule has 3 aliphatic carbocycles. The number of hydrogen-bond acceptors (Lipinski definition) is 6. The number of fused-ring (bicyclic) bond motifs is 1. The highest BCUT2D eigenvalue weighted by Gasteiger charge is 2.52. The molecule has 4 atom stereocenters. The van der Waals surface area contributed by atoms with Crippen LogP contribution in [0.4, 0.5) is 4.79 Å². The Hall–Kier alpha value is -1.90. The fraction of sp³-hybridized carbons (Fsp3) is 0.793. The van der Waals surface area contributed by atoms with Crippen LogP contribution in [-0.4, -0.2) is 75.9 Å². The maximum absolute atomic E-state index is 13.5. The quantitative estimate of drug-likeness (QED) is 0.290. The summed E-state index contributed by atoms with van der Waals surface area (Å²) in [4.78, 5) is 28.5. The molecule has 0 unspecified atom stereocenters. The molecule has 37 heavy (non-hydrogen) atoms. The van der Waals surface area contributed by atoms with Gasteiger partial charge in [0.2, 0.25) is 5.91 Å². The van der Waals surface area contributed by atoms with Crippen molar-refractivity contribution in [3.8, 4) is 0 Å². The van der Waals surface area contributed by atoms with E-state index >= 15 is 0 Å². The number of hydrogen-bond donors (Lipinski definition) is 1. The molecule has 8 nitrogen and oxygen atoms in total. The number of alkyl carbamates (subject to hydrolysis) is 1. The molecule has 2 fully saturated rings. The van der Waals surface area contributed by atoms with Gasteiger partial charge in [-0.15, -0.1) is 0 Å². The van der Waals surface area contributed by atoms with Crippen LogP contribution in [0.25, 0.3) is 0 Å². The van der Waals surface area contributed by atoms with Crippen molar-refractivity contribution in [2.75, 3.05) is 46.8 Å².